The maximum atomic E-state index is 12.0. The minimum Gasteiger partial charge on any atom is -0.393 e. The molecule has 20 heavy (non-hydrogen) atoms. The third-order valence-electron chi connectivity index (χ3n) is 3.79. The smallest absolute Gasteiger partial charge is 0.152 e. The Morgan fingerprint density at radius 2 is 2.00 bits per heavy atom. The third-order valence-corrected chi connectivity index (χ3v) is 6.04. The standard InChI is InChI=1S/C13H16ClNO3S2/c1-18-7-13(12(15)19)10(11(13)20(2,16)17)8-3-5-9(14)6-4-8/h3-6,10-11H,7H2,1-2H3,(H2,15,19). The Bertz CT molecular complexity index is 630. The summed E-state index contributed by atoms with van der Waals surface area (Å²) in [5.74, 6) is -0.285. The Hall–Kier alpha value is -0.690. The molecular weight excluding hydrogens is 318 g/mol. The average Bonchev–Trinajstić information content (AvgIpc) is 3.01. The number of rotatable bonds is 5. The molecule has 0 aromatic heterocycles. The largest absolute Gasteiger partial charge is 0.393 e. The number of ether oxygens (including phenoxy) is 1. The van der Waals surface area contributed by atoms with Crippen molar-refractivity contribution in [1.82, 2.24) is 0 Å². The fourth-order valence-corrected chi connectivity index (χ4v) is 5.39. The lowest BCUT2D eigenvalue weighted by atomic mass is 10.00. The van der Waals surface area contributed by atoms with Crippen LogP contribution < -0.4 is 5.73 Å². The Morgan fingerprint density at radius 3 is 2.40 bits per heavy atom. The summed E-state index contributed by atoms with van der Waals surface area (Å²) < 4.78 is 29.3. The molecule has 2 rings (SSSR count). The Balaban J connectivity index is 2.49. The van der Waals surface area contributed by atoms with Crippen LogP contribution in [0.5, 0.6) is 0 Å². The van der Waals surface area contributed by atoms with E-state index in [0.29, 0.717) is 5.02 Å². The van der Waals surface area contributed by atoms with Gasteiger partial charge in [0.15, 0.2) is 9.84 Å². The summed E-state index contributed by atoms with van der Waals surface area (Å²) in [6.45, 7) is 0.188. The van der Waals surface area contributed by atoms with Crippen LogP contribution in [0.1, 0.15) is 11.5 Å². The van der Waals surface area contributed by atoms with Crippen LogP contribution in [0, 0.1) is 5.41 Å². The molecule has 0 heterocycles. The summed E-state index contributed by atoms with van der Waals surface area (Å²) in [6, 6.07) is 7.07. The highest BCUT2D eigenvalue weighted by Gasteiger charge is 2.71. The number of halogens is 1. The molecule has 4 nitrogen and oxygen atoms in total. The van der Waals surface area contributed by atoms with Crippen molar-refractivity contribution in [2.24, 2.45) is 11.1 Å². The second kappa shape index (κ2) is 5.26. The molecule has 0 amide bonds. The first-order valence-electron chi connectivity index (χ1n) is 5.98. The van der Waals surface area contributed by atoms with Crippen LogP contribution in [0.3, 0.4) is 0 Å². The first-order valence-corrected chi connectivity index (χ1v) is 8.72. The second-order valence-electron chi connectivity index (χ2n) is 5.12. The number of hydrogen-bond acceptors (Lipinski definition) is 4. The van der Waals surface area contributed by atoms with Crippen molar-refractivity contribution < 1.29 is 13.2 Å². The number of thiocarbonyl (C=S) groups is 1. The molecule has 1 saturated carbocycles. The van der Waals surface area contributed by atoms with E-state index in [9.17, 15) is 8.42 Å². The molecule has 0 radical (unpaired) electrons. The minimum absolute atomic E-state index is 0.176. The topological polar surface area (TPSA) is 69.4 Å². The van der Waals surface area contributed by atoms with Gasteiger partial charge in [0.05, 0.1) is 22.3 Å². The maximum Gasteiger partial charge on any atom is 0.152 e. The van der Waals surface area contributed by atoms with Crippen LogP contribution in [0.4, 0.5) is 0 Å². The molecule has 1 aromatic carbocycles. The predicted octanol–water partition coefficient (Wildman–Crippen LogP) is 1.77. The lowest BCUT2D eigenvalue weighted by molar-refractivity contribution is 0.166. The zero-order valence-electron chi connectivity index (χ0n) is 11.2. The highest BCUT2D eigenvalue weighted by atomic mass is 35.5. The van der Waals surface area contributed by atoms with E-state index in [1.807, 2.05) is 0 Å². The van der Waals surface area contributed by atoms with Gasteiger partial charge in [-0.1, -0.05) is 36.0 Å². The van der Waals surface area contributed by atoms with Crippen molar-refractivity contribution in [2.75, 3.05) is 20.0 Å². The number of benzene rings is 1. The first kappa shape index (κ1) is 15.7. The molecular formula is C13H16ClNO3S2. The molecule has 1 fully saturated rings. The normalized spacial score (nSPS) is 29.1. The fourth-order valence-electron chi connectivity index (χ4n) is 2.95. The van der Waals surface area contributed by atoms with Crippen molar-refractivity contribution >= 4 is 38.6 Å². The fraction of sp³-hybridized carbons (Fsp3) is 0.462. The van der Waals surface area contributed by atoms with Gasteiger partial charge in [0.25, 0.3) is 0 Å². The van der Waals surface area contributed by atoms with Gasteiger partial charge >= 0.3 is 0 Å². The minimum atomic E-state index is -3.29. The van der Waals surface area contributed by atoms with Gasteiger partial charge < -0.3 is 10.5 Å². The molecule has 1 aliphatic carbocycles. The van der Waals surface area contributed by atoms with Crippen LogP contribution in [0.15, 0.2) is 24.3 Å². The van der Waals surface area contributed by atoms with Crippen LogP contribution in [0.2, 0.25) is 5.02 Å². The van der Waals surface area contributed by atoms with E-state index in [2.05, 4.69) is 0 Å². The Kier molecular flexibility index (Phi) is 4.12. The summed E-state index contributed by atoms with van der Waals surface area (Å²) in [5, 5.41) is -0.0494. The summed E-state index contributed by atoms with van der Waals surface area (Å²) in [5.41, 5.74) is 5.85. The number of hydrogen-bond donors (Lipinski definition) is 1. The molecule has 3 unspecified atom stereocenters. The monoisotopic (exact) mass is 333 g/mol. The van der Waals surface area contributed by atoms with Gasteiger partial charge in [0.2, 0.25) is 0 Å². The zero-order valence-corrected chi connectivity index (χ0v) is 13.6. The van der Waals surface area contributed by atoms with Crippen molar-refractivity contribution in [2.45, 2.75) is 11.2 Å². The van der Waals surface area contributed by atoms with Crippen molar-refractivity contribution in [3.05, 3.63) is 34.9 Å². The van der Waals surface area contributed by atoms with E-state index in [1.165, 1.54) is 13.4 Å². The Labute approximate surface area is 129 Å². The van der Waals surface area contributed by atoms with Gasteiger partial charge in [-0.05, 0) is 17.7 Å². The number of nitrogens with two attached hydrogens (primary N) is 1. The predicted molar refractivity (Wildman–Crippen MR) is 83.9 cm³/mol. The molecule has 0 bridgehead atoms. The maximum absolute atomic E-state index is 12.0. The van der Waals surface area contributed by atoms with Crippen LogP contribution in [-0.4, -0.2) is 38.6 Å². The molecule has 0 aliphatic heterocycles. The van der Waals surface area contributed by atoms with E-state index in [-0.39, 0.29) is 17.5 Å². The third kappa shape index (κ3) is 2.45. The van der Waals surface area contributed by atoms with Gasteiger partial charge in [0, 0.05) is 24.3 Å². The Morgan fingerprint density at radius 1 is 1.45 bits per heavy atom. The van der Waals surface area contributed by atoms with Crippen LogP contribution >= 0.6 is 23.8 Å². The van der Waals surface area contributed by atoms with E-state index in [1.54, 1.807) is 24.3 Å². The highest BCUT2D eigenvalue weighted by molar-refractivity contribution is 7.92. The quantitative estimate of drug-likeness (QED) is 0.832. The summed E-state index contributed by atoms with van der Waals surface area (Å²) in [7, 11) is -1.78. The first-order chi connectivity index (χ1) is 9.25. The average molecular weight is 334 g/mol. The molecule has 1 aliphatic rings. The molecule has 3 atom stereocenters. The summed E-state index contributed by atoms with van der Waals surface area (Å²) in [4.78, 5) is 0.176. The SMILES string of the molecule is COCC1(C(N)=S)C(c2ccc(Cl)cc2)C1S(C)(=O)=O. The molecule has 0 spiro atoms. The lowest BCUT2D eigenvalue weighted by Gasteiger charge is -2.15. The molecule has 110 valence electrons. The van der Waals surface area contributed by atoms with Gasteiger partial charge in [-0.2, -0.15) is 0 Å². The number of methoxy groups -OCH3 is 1. The summed E-state index contributed by atoms with van der Waals surface area (Å²) >= 11 is 11.0. The second-order valence-corrected chi connectivity index (χ2v) is 8.16. The van der Waals surface area contributed by atoms with E-state index < -0.39 is 20.5 Å². The summed E-state index contributed by atoms with van der Waals surface area (Å²) in [6.07, 6.45) is 1.20. The zero-order chi connectivity index (χ0) is 15.1. The molecule has 1 aromatic rings. The van der Waals surface area contributed by atoms with E-state index in [0.717, 1.165) is 5.56 Å². The van der Waals surface area contributed by atoms with Crippen LogP contribution in [0.25, 0.3) is 0 Å². The van der Waals surface area contributed by atoms with E-state index >= 15 is 0 Å². The molecule has 0 saturated heterocycles. The van der Waals surface area contributed by atoms with Crippen molar-refractivity contribution in [3.8, 4) is 0 Å². The van der Waals surface area contributed by atoms with Crippen molar-refractivity contribution in [3.63, 3.8) is 0 Å². The highest BCUT2D eigenvalue weighted by Crippen LogP contribution is 2.63. The molecule has 7 heteroatoms. The van der Waals surface area contributed by atoms with Gasteiger partial charge in [-0.15, -0.1) is 0 Å². The number of sulfone groups is 1. The van der Waals surface area contributed by atoms with Crippen molar-refractivity contribution in [1.29, 1.82) is 0 Å². The van der Waals surface area contributed by atoms with E-state index in [4.69, 9.17) is 34.3 Å². The molecule has 2 N–H and O–H groups in total. The van der Waals surface area contributed by atoms with Gasteiger partial charge in [0.1, 0.15) is 0 Å². The van der Waals surface area contributed by atoms with Gasteiger partial charge in [-0.3, -0.25) is 0 Å². The van der Waals surface area contributed by atoms with Crippen LogP contribution in [-0.2, 0) is 14.6 Å². The lowest BCUT2D eigenvalue weighted by Crippen LogP contribution is -2.32. The van der Waals surface area contributed by atoms with Gasteiger partial charge in [-0.25, -0.2) is 8.42 Å².